The molecule has 0 aromatic heterocycles. The van der Waals surface area contributed by atoms with Gasteiger partial charge in [0.05, 0.1) is 17.7 Å². The lowest BCUT2D eigenvalue weighted by atomic mass is 9.95. The van der Waals surface area contributed by atoms with Gasteiger partial charge < -0.3 is 9.47 Å². The normalized spacial score (nSPS) is 16.6. The quantitative estimate of drug-likeness (QED) is 0.443. The van der Waals surface area contributed by atoms with Gasteiger partial charge in [0, 0.05) is 10.5 Å². The predicted octanol–water partition coefficient (Wildman–Crippen LogP) is 3.65. The summed E-state index contributed by atoms with van der Waals surface area (Å²) >= 11 is 3.33. The van der Waals surface area contributed by atoms with Crippen LogP contribution in [0.3, 0.4) is 0 Å². The highest BCUT2D eigenvalue weighted by atomic mass is 79.9. The molecule has 10 heteroatoms. The predicted molar refractivity (Wildman–Crippen MR) is 123 cm³/mol. The van der Waals surface area contributed by atoms with Gasteiger partial charge in [-0.25, -0.2) is 13.8 Å². The molecule has 1 N–H and O–H groups in total. The van der Waals surface area contributed by atoms with Gasteiger partial charge in [-0.15, -0.1) is 0 Å². The van der Waals surface area contributed by atoms with Gasteiger partial charge in [-0.3, -0.25) is 4.79 Å². The van der Waals surface area contributed by atoms with E-state index >= 15 is 0 Å². The van der Waals surface area contributed by atoms with Gasteiger partial charge in [0.15, 0.2) is 11.5 Å². The van der Waals surface area contributed by atoms with Gasteiger partial charge in [0.25, 0.3) is 5.91 Å². The molecule has 8 nitrogen and oxygen atoms in total. The smallest absolute Gasteiger partial charge is 0.255 e. The van der Waals surface area contributed by atoms with Crippen molar-refractivity contribution in [2.45, 2.75) is 43.0 Å². The van der Waals surface area contributed by atoms with Crippen LogP contribution in [0.25, 0.3) is 0 Å². The Bertz CT molecular complexity index is 1100. The van der Waals surface area contributed by atoms with Crippen molar-refractivity contribution in [3.8, 4) is 11.5 Å². The Balaban J connectivity index is 1.46. The third kappa shape index (κ3) is 5.31. The Morgan fingerprint density at radius 1 is 1.09 bits per heavy atom. The van der Waals surface area contributed by atoms with Crippen LogP contribution in [0.15, 0.2) is 56.9 Å². The first-order valence-corrected chi connectivity index (χ1v) is 12.7. The fourth-order valence-electron chi connectivity index (χ4n) is 3.87. The average Bonchev–Trinajstić information content (AvgIpc) is 3.26. The van der Waals surface area contributed by atoms with E-state index in [4.69, 9.17) is 9.47 Å². The molecule has 2 aromatic carbocycles. The first-order chi connectivity index (χ1) is 15.4. The first-order valence-electron chi connectivity index (χ1n) is 10.4. The van der Waals surface area contributed by atoms with Crippen LogP contribution >= 0.6 is 15.9 Å². The number of hydrogen-bond acceptors (Lipinski definition) is 6. The van der Waals surface area contributed by atoms with E-state index in [1.165, 1.54) is 10.5 Å². The van der Waals surface area contributed by atoms with Crippen LogP contribution in [0, 0.1) is 0 Å². The van der Waals surface area contributed by atoms with Crippen LogP contribution in [0.4, 0.5) is 0 Å². The molecule has 0 radical (unpaired) electrons. The van der Waals surface area contributed by atoms with E-state index in [0.717, 1.165) is 42.1 Å². The van der Waals surface area contributed by atoms with Crippen LogP contribution in [0.1, 0.15) is 37.7 Å². The largest absolute Gasteiger partial charge is 0.454 e. The number of hydrazone groups is 1. The summed E-state index contributed by atoms with van der Waals surface area (Å²) in [5, 5.41) is 3.98. The minimum atomic E-state index is -3.83. The maximum absolute atomic E-state index is 13.3. The number of benzene rings is 2. The van der Waals surface area contributed by atoms with Crippen LogP contribution in [-0.4, -0.2) is 44.2 Å². The molecule has 1 amide bonds. The number of carbonyl (C=O) groups is 1. The Kier molecular flexibility index (Phi) is 7.12. The van der Waals surface area contributed by atoms with E-state index in [1.54, 1.807) is 42.5 Å². The minimum Gasteiger partial charge on any atom is -0.454 e. The number of hydrogen-bond donors (Lipinski definition) is 1. The number of carbonyl (C=O) groups excluding carboxylic acids is 1. The van der Waals surface area contributed by atoms with E-state index in [-0.39, 0.29) is 24.3 Å². The zero-order valence-electron chi connectivity index (χ0n) is 17.4. The molecule has 0 atom stereocenters. The molecule has 2 aliphatic rings. The molecular formula is C22H24BrN3O5S. The molecule has 170 valence electrons. The molecule has 1 aliphatic heterocycles. The molecular weight excluding hydrogens is 498 g/mol. The van der Waals surface area contributed by atoms with E-state index < -0.39 is 15.9 Å². The molecule has 0 unspecified atom stereocenters. The summed E-state index contributed by atoms with van der Waals surface area (Å²) in [4.78, 5) is 12.8. The van der Waals surface area contributed by atoms with Crippen LogP contribution in [0.2, 0.25) is 0 Å². The second-order valence-electron chi connectivity index (χ2n) is 7.70. The average molecular weight is 522 g/mol. The summed E-state index contributed by atoms with van der Waals surface area (Å²) < 4.78 is 39.4. The Morgan fingerprint density at radius 3 is 2.56 bits per heavy atom. The highest BCUT2D eigenvalue weighted by Gasteiger charge is 2.33. The fraction of sp³-hybridized carbons (Fsp3) is 0.364. The van der Waals surface area contributed by atoms with Crippen molar-refractivity contribution >= 4 is 38.1 Å². The number of rotatable bonds is 7. The van der Waals surface area contributed by atoms with E-state index in [2.05, 4.69) is 26.5 Å². The number of amides is 1. The van der Waals surface area contributed by atoms with Crippen LogP contribution in [0.5, 0.6) is 11.5 Å². The lowest BCUT2D eigenvalue weighted by Gasteiger charge is -2.32. The number of nitrogens with one attached hydrogen (secondary N) is 1. The fourth-order valence-corrected chi connectivity index (χ4v) is 5.78. The molecule has 1 heterocycles. The molecule has 2 aromatic rings. The van der Waals surface area contributed by atoms with Gasteiger partial charge in [0.2, 0.25) is 16.8 Å². The molecule has 0 bridgehead atoms. The molecule has 0 saturated heterocycles. The van der Waals surface area contributed by atoms with Crippen LogP contribution in [-0.2, 0) is 14.8 Å². The van der Waals surface area contributed by atoms with Crippen molar-refractivity contribution in [2.24, 2.45) is 5.10 Å². The third-order valence-corrected chi connectivity index (χ3v) is 7.94. The SMILES string of the molecule is O=C(CN(C1CCCCC1)S(=O)(=O)c1ccc(Br)cc1)NN=Cc1ccc2c(c1)OCO2. The molecule has 32 heavy (non-hydrogen) atoms. The van der Waals surface area contributed by atoms with E-state index in [9.17, 15) is 13.2 Å². The molecule has 4 rings (SSSR count). The van der Waals surface area contributed by atoms with Crippen molar-refractivity contribution in [1.82, 2.24) is 9.73 Å². The van der Waals surface area contributed by atoms with Gasteiger partial charge >= 0.3 is 0 Å². The number of sulfonamides is 1. The van der Waals surface area contributed by atoms with Crippen LogP contribution < -0.4 is 14.9 Å². The lowest BCUT2D eigenvalue weighted by molar-refractivity contribution is -0.121. The molecule has 1 fully saturated rings. The summed E-state index contributed by atoms with van der Waals surface area (Å²) in [5.41, 5.74) is 3.17. The Labute approximate surface area is 195 Å². The monoisotopic (exact) mass is 521 g/mol. The van der Waals surface area contributed by atoms with Crippen molar-refractivity contribution in [1.29, 1.82) is 0 Å². The highest BCUT2D eigenvalue weighted by Crippen LogP contribution is 2.32. The third-order valence-electron chi connectivity index (χ3n) is 5.50. The van der Waals surface area contributed by atoms with Gasteiger partial charge in [-0.05, 0) is 60.9 Å². The zero-order chi connectivity index (χ0) is 22.6. The van der Waals surface area contributed by atoms with Crippen molar-refractivity contribution in [3.05, 3.63) is 52.5 Å². The first kappa shape index (κ1) is 22.8. The van der Waals surface area contributed by atoms with Crippen molar-refractivity contribution in [2.75, 3.05) is 13.3 Å². The van der Waals surface area contributed by atoms with Crippen molar-refractivity contribution in [3.63, 3.8) is 0 Å². The van der Waals surface area contributed by atoms with Gasteiger partial charge in [-0.2, -0.15) is 9.41 Å². The summed E-state index contributed by atoms with van der Waals surface area (Å²) in [7, 11) is -3.83. The number of nitrogens with zero attached hydrogens (tertiary/aromatic N) is 2. The minimum absolute atomic E-state index is 0.169. The van der Waals surface area contributed by atoms with Gasteiger partial charge in [-0.1, -0.05) is 35.2 Å². The van der Waals surface area contributed by atoms with Gasteiger partial charge in [0.1, 0.15) is 0 Å². The lowest BCUT2D eigenvalue weighted by Crippen LogP contribution is -2.46. The Morgan fingerprint density at radius 2 is 1.81 bits per heavy atom. The molecule has 1 saturated carbocycles. The second-order valence-corrected chi connectivity index (χ2v) is 10.5. The van der Waals surface area contributed by atoms with E-state index in [0.29, 0.717) is 11.5 Å². The topological polar surface area (TPSA) is 97.3 Å². The summed E-state index contributed by atoms with van der Waals surface area (Å²) in [6.45, 7) is -0.113. The maximum Gasteiger partial charge on any atom is 0.255 e. The number of halogens is 1. The number of ether oxygens (including phenoxy) is 2. The summed E-state index contributed by atoms with van der Waals surface area (Å²) in [6.07, 6.45) is 5.93. The van der Waals surface area contributed by atoms with Crippen molar-refractivity contribution < 1.29 is 22.7 Å². The number of fused-ring (bicyclic) bond motifs is 1. The highest BCUT2D eigenvalue weighted by molar-refractivity contribution is 9.10. The molecule has 0 spiro atoms. The summed E-state index contributed by atoms with van der Waals surface area (Å²) in [6, 6.07) is 11.6. The summed E-state index contributed by atoms with van der Waals surface area (Å²) in [5.74, 6) is 0.782. The maximum atomic E-state index is 13.3. The Hall–Kier alpha value is -2.43. The standard InChI is InChI=1S/C22H24BrN3O5S/c23-17-7-9-19(10-8-17)32(28,29)26(18-4-2-1-3-5-18)14-22(27)25-24-13-16-6-11-20-21(12-16)31-15-30-20/h6-13,18H,1-5,14-15H2,(H,25,27). The molecule has 1 aliphatic carbocycles. The second kappa shape index (κ2) is 10.0. The zero-order valence-corrected chi connectivity index (χ0v) is 19.8. The van der Waals surface area contributed by atoms with E-state index in [1.807, 2.05) is 0 Å².